The van der Waals surface area contributed by atoms with Crippen LogP contribution < -0.4 is 4.72 Å². The van der Waals surface area contributed by atoms with Crippen molar-refractivity contribution >= 4 is 27.3 Å². The smallest absolute Gasteiger partial charge is 0.267 e. The molecule has 1 N–H and O–H groups in total. The minimum Gasteiger partial charge on any atom is -0.267 e. The molecule has 29 heavy (non-hydrogen) atoms. The molecule has 4 rings (SSSR count). The Morgan fingerprint density at radius 3 is 2.31 bits per heavy atom. The largest absolute Gasteiger partial charge is 0.275 e. The number of carbonyl (C=O) groups is 1. The molecule has 4 aromatic rings. The lowest BCUT2D eigenvalue weighted by Crippen LogP contribution is -2.30. The summed E-state index contributed by atoms with van der Waals surface area (Å²) in [6.07, 6.45) is 3.36. The summed E-state index contributed by atoms with van der Waals surface area (Å²) in [5, 5.41) is 0. The Kier molecular flexibility index (Phi) is 5.24. The second kappa shape index (κ2) is 7.98. The molecule has 0 aliphatic heterocycles. The Labute approximate surface area is 172 Å². The Bertz CT molecular complexity index is 1250. The second-order valence-corrected chi connectivity index (χ2v) is 8.94. The Morgan fingerprint density at radius 1 is 0.828 bits per heavy atom. The van der Waals surface area contributed by atoms with Crippen LogP contribution in [0, 0.1) is 0 Å². The molecule has 0 aliphatic rings. The fourth-order valence-electron chi connectivity index (χ4n) is 2.91. The van der Waals surface area contributed by atoms with Crippen LogP contribution in [0.5, 0.6) is 0 Å². The van der Waals surface area contributed by atoms with Crippen LogP contribution in [0.2, 0.25) is 0 Å². The van der Waals surface area contributed by atoms with Crippen LogP contribution in [0.25, 0.3) is 21.6 Å². The molecular formula is C22H16N2O3S2. The number of hydrogen-bond acceptors (Lipinski definition) is 5. The summed E-state index contributed by atoms with van der Waals surface area (Å²) >= 11 is 1.21. The van der Waals surface area contributed by atoms with E-state index < -0.39 is 15.9 Å². The minimum atomic E-state index is -4.05. The maximum absolute atomic E-state index is 12.9. The van der Waals surface area contributed by atoms with E-state index in [1.54, 1.807) is 48.8 Å². The van der Waals surface area contributed by atoms with Crippen LogP contribution >= 0.6 is 11.3 Å². The number of amides is 1. The summed E-state index contributed by atoms with van der Waals surface area (Å²) < 4.78 is 28.1. The van der Waals surface area contributed by atoms with E-state index in [1.807, 2.05) is 36.4 Å². The highest BCUT2D eigenvalue weighted by atomic mass is 32.2. The van der Waals surface area contributed by atoms with Gasteiger partial charge in [-0.3, -0.25) is 9.78 Å². The number of hydrogen-bond donors (Lipinski definition) is 1. The van der Waals surface area contributed by atoms with Gasteiger partial charge in [0.25, 0.3) is 15.9 Å². The van der Waals surface area contributed by atoms with Crippen LogP contribution in [0.1, 0.15) is 9.67 Å². The van der Waals surface area contributed by atoms with E-state index in [1.165, 1.54) is 17.4 Å². The van der Waals surface area contributed by atoms with Gasteiger partial charge in [-0.2, -0.15) is 0 Å². The van der Waals surface area contributed by atoms with E-state index in [-0.39, 0.29) is 4.90 Å². The molecule has 1 amide bonds. The quantitative estimate of drug-likeness (QED) is 0.512. The van der Waals surface area contributed by atoms with Crippen molar-refractivity contribution in [2.45, 2.75) is 4.90 Å². The van der Waals surface area contributed by atoms with Crippen LogP contribution in [0.15, 0.2) is 96.2 Å². The highest BCUT2D eigenvalue weighted by Crippen LogP contribution is 2.29. The van der Waals surface area contributed by atoms with Crippen molar-refractivity contribution in [1.29, 1.82) is 0 Å². The van der Waals surface area contributed by atoms with Crippen molar-refractivity contribution in [1.82, 2.24) is 9.71 Å². The zero-order chi connectivity index (χ0) is 20.3. The van der Waals surface area contributed by atoms with Crippen LogP contribution in [-0.2, 0) is 10.0 Å². The molecule has 0 atom stereocenters. The maximum Gasteiger partial charge on any atom is 0.275 e. The predicted molar refractivity (Wildman–Crippen MR) is 114 cm³/mol. The summed E-state index contributed by atoms with van der Waals surface area (Å²) in [5.41, 5.74) is 2.17. The minimum absolute atomic E-state index is 0.0589. The number of sulfonamides is 1. The van der Waals surface area contributed by atoms with E-state index in [4.69, 9.17) is 0 Å². The number of pyridine rings is 1. The highest BCUT2D eigenvalue weighted by Gasteiger charge is 2.23. The standard InChI is InChI=1S/C22H16N2O3S2/c25-22(20-13-12-19(28-20)17-9-6-14-23-15-17)24-29(26,27)21-11-5-4-10-18(21)16-7-2-1-3-8-16/h1-15H,(H,24,25). The van der Waals surface area contributed by atoms with E-state index in [0.717, 1.165) is 16.0 Å². The molecule has 2 aromatic carbocycles. The first-order chi connectivity index (χ1) is 14.0. The molecule has 0 bridgehead atoms. The molecule has 0 aliphatic carbocycles. The molecule has 0 saturated carbocycles. The molecule has 0 saturated heterocycles. The molecule has 0 spiro atoms. The van der Waals surface area contributed by atoms with Gasteiger partial charge in [0.15, 0.2) is 0 Å². The van der Waals surface area contributed by atoms with Gasteiger partial charge in [0, 0.05) is 28.4 Å². The third-order valence-corrected chi connectivity index (χ3v) is 6.79. The number of rotatable bonds is 5. The molecule has 7 heteroatoms. The van der Waals surface area contributed by atoms with Gasteiger partial charge in [-0.1, -0.05) is 54.6 Å². The van der Waals surface area contributed by atoms with Gasteiger partial charge in [-0.05, 0) is 29.8 Å². The molecule has 5 nitrogen and oxygen atoms in total. The van der Waals surface area contributed by atoms with Gasteiger partial charge >= 0.3 is 0 Å². The predicted octanol–water partition coefficient (Wildman–Crippen LogP) is 4.60. The zero-order valence-corrected chi connectivity index (χ0v) is 16.8. The van der Waals surface area contributed by atoms with Gasteiger partial charge in [0.1, 0.15) is 0 Å². The first kappa shape index (κ1) is 19.0. The third-order valence-electron chi connectivity index (χ3n) is 4.26. The van der Waals surface area contributed by atoms with Crippen LogP contribution in [0.4, 0.5) is 0 Å². The number of aromatic nitrogens is 1. The summed E-state index contributed by atoms with van der Waals surface area (Å²) in [4.78, 5) is 17.9. The lowest BCUT2D eigenvalue weighted by atomic mass is 10.1. The molecule has 144 valence electrons. The second-order valence-electron chi connectivity index (χ2n) is 6.20. The molecule has 0 unspecified atom stereocenters. The highest BCUT2D eigenvalue weighted by molar-refractivity contribution is 7.90. The number of benzene rings is 2. The Hall–Kier alpha value is -3.29. The first-order valence-corrected chi connectivity index (χ1v) is 11.1. The maximum atomic E-state index is 12.9. The van der Waals surface area contributed by atoms with Crippen LogP contribution in [-0.4, -0.2) is 19.3 Å². The summed E-state index contributed by atoms with van der Waals surface area (Å²) in [6.45, 7) is 0. The van der Waals surface area contributed by atoms with E-state index in [0.29, 0.717) is 10.4 Å². The van der Waals surface area contributed by atoms with Gasteiger partial charge in [0.2, 0.25) is 0 Å². The number of thiophene rings is 1. The van der Waals surface area contributed by atoms with E-state index in [9.17, 15) is 13.2 Å². The molecule has 2 aromatic heterocycles. The van der Waals surface area contributed by atoms with E-state index in [2.05, 4.69) is 9.71 Å². The summed E-state index contributed by atoms with van der Waals surface area (Å²) in [6, 6.07) is 22.9. The normalized spacial score (nSPS) is 11.2. The fraction of sp³-hybridized carbons (Fsp3) is 0. The topological polar surface area (TPSA) is 76.1 Å². The monoisotopic (exact) mass is 420 g/mol. The lowest BCUT2D eigenvalue weighted by molar-refractivity contribution is 0.0985. The molecular weight excluding hydrogens is 404 g/mol. The Morgan fingerprint density at radius 2 is 1.55 bits per heavy atom. The number of nitrogens with zero attached hydrogens (tertiary/aromatic N) is 1. The van der Waals surface area contributed by atoms with Gasteiger partial charge in [-0.15, -0.1) is 11.3 Å². The number of carbonyl (C=O) groups excluding carboxylic acids is 1. The van der Waals surface area contributed by atoms with Gasteiger partial charge < -0.3 is 0 Å². The summed E-state index contributed by atoms with van der Waals surface area (Å²) in [5.74, 6) is -0.659. The van der Waals surface area contributed by atoms with Crippen molar-refractivity contribution < 1.29 is 13.2 Å². The number of nitrogens with one attached hydrogen (secondary N) is 1. The van der Waals surface area contributed by atoms with Gasteiger partial charge in [-0.25, -0.2) is 13.1 Å². The molecule has 2 heterocycles. The average molecular weight is 421 g/mol. The van der Waals surface area contributed by atoms with Crippen molar-refractivity contribution in [3.8, 4) is 21.6 Å². The fourth-order valence-corrected chi connectivity index (χ4v) is 5.06. The van der Waals surface area contributed by atoms with Crippen molar-refractivity contribution in [2.24, 2.45) is 0 Å². The summed E-state index contributed by atoms with van der Waals surface area (Å²) in [7, 11) is -4.05. The zero-order valence-electron chi connectivity index (χ0n) is 15.1. The SMILES string of the molecule is O=C(NS(=O)(=O)c1ccccc1-c1ccccc1)c1ccc(-c2cccnc2)s1. The van der Waals surface area contributed by atoms with E-state index >= 15 is 0 Å². The van der Waals surface area contributed by atoms with Crippen LogP contribution in [0.3, 0.4) is 0 Å². The lowest BCUT2D eigenvalue weighted by Gasteiger charge is -2.11. The third kappa shape index (κ3) is 4.11. The molecule has 0 fully saturated rings. The van der Waals surface area contributed by atoms with Crippen molar-refractivity contribution in [3.63, 3.8) is 0 Å². The average Bonchev–Trinajstić information content (AvgIpc) is 3.25. The van der Waals surface area contributed by atoms with Gasteiger partial charge in [0.05, 0.1) is 9.77 Å². The Balaban J connectivity index is 1.62. The first-order valence-electron chi connectivity index (χ1n) is 8.76. The molecule has 0 radical (unpaired) electrons. The van der Waals surface area contributed by atoms with Crippen molar-refractivity contribution in [3.05, 3.63) is 96.1 Å². The van der Waals surface area contributed by atoms with Crippen molar-refractivity contribution in [2.75, 3.05) is 0 Å².